The molecule has 0 saturated carbocycles. The van der Waals surface area contributed by atoms with E-state index in [4.69, 9.17) is 5.73 Å². The molecule has 23 nitrogen and oxygen atoms in total. The zero-order valence-electron chi connectivity index (χ0n) is 56.3. The van der Waals surface area contributed by atoms with Crippen LogP contribution in [0.25, 0.3) is 0 Å². The number of carbonyl (C=O) groups is 11. The number of rotatable bonds is 36. The number of aliphatic hydroxyl groups is 1. The molecule has 0 heterocycles. The Balaban J connectivity index is 6.71. The fraction of sp³-hybridized carbons (Fsp3) is 0.790. The molecule has 6 N–H and O–H groups in total. The van der Waals surface area contributed by atoms with Gasteiger partial charge in [-0.1, -0.05) is 109 Å². The van der Waals surface area contributed by atoms with Crippen molar-refractivity contribution in [2.45, 2.75) is 223 Å². The van der Waals surface area contributed by atoms with Crippen LogP contribution in [0.5, 0.6) is 0 Å². The topological polar surface area (TPSA) is 293 Å². The molecular formula is C62H113N11O12. The molecular weight excluding hydrogens is 1090 g/mol. The van der Waals surface area contributed by atoms with Crippen LogP contribution in [-0.2, 0) is 52.7 Å². The molecule has 0 rings (SSSR count). The summed E-state index contributed by atoms with van der Waals surface area (Å²) < 4.78 is 0. The van der Waals surface area contributed by atoms with Crippen LogP contribution in [0.1, 0.15) is 163 Å². The van der Waals surface area contributed by atoms with Gasteiger partial charge in [-0.25, -0.2) is 0 Å². The van der Waals surface area contributed by atoms with E-state index in [9.17, 15) is 57.8 Å². The second-order valence-electron chi connectivity index (χ2n) is 25.8. The lowest BCUT2D eigenvalue weighted by Gasteiger charge is -2.41. The van der Waals surface area contributed by atoms with Gasteiger partial charge in [0, 0.05) is 55.8 Å². The SMILES string of the molecule is C/C=C/C[C@@H](C)[C@@H](O)[C@@H](C(N)=O)N(C)C(=O)[C@H](C(C)C)N(C)C(=O)[C@H](CC(C)C)N(C)C(=O)[C@H](CC(C)C)N(C)C(=O)[C@@H](C)NC(=O)[C@H](C)NC(=O)[C@H](CC(C)C)N(C)C(=O)[C@@H](NC(=O)[C@H](CC(C)C)N(C)C(=O)CN(C)C(=O)CCC)C(C)C. The molecule has 0 saturated heterocycles. The largest absolute Gasteiger partial charge is 0.390 e. The number of likely N-dealkylation sites (N-methyl/N-ethyl adjacent to an activating group) is 7. The Bertz CT molecular complexity index is 2270. The fourth-order valence-corrected chi connectivity index (χ4v) is 10.3. The number of aliphatic hydroxyl groups excluding tert-OH is 1. The lowest BCUT2D eigenvalue weighted by atomic mass is 9.92. The smallest absolute Gasteiger partial charge is 0.246 e. The van der Waals surface area contributed by atoms with Gasteiger partial charge >= 0.3 is 0 Å². The highest BCUT2D eigenvalue weighted by molar-refractivity contribution is 5.98. The Morgan fingerprint density at radius 3 is 1.28 bits per heavy atom. The number of nitrogens with one attached hydrogen (secondary N) is 3. The van der Waals surface area contributed by atoms with Crippen molar-refractivity contribution in [1.29, 1.82) is 0 Å². The lowest BCUT2D eigenvalue weighted by Crippen LogP contribution is -2.62. The van der Waals surface area contributed by atoms with Gasteiger partial charge < -0.3 is 61.1 Å². The van der Waals surface area contributed by atoms with Crippen LogP contribution in [0.4, 0.5) is 0 Å². The van der Waals surface area contributed by atoms with E-state index in [0.717, 1.165) is 4.90 Å². The predicted octanol–water partition coefficient (Wildman–Crippen LogP) is 3.65. The number of hydrogen-bond acceptors (Lipinski definition) is 12. The number of nitrogens with two attached hydrogens (primary N) is 1. The number of nitrogens with zero attached hydrogens (tertiary/aromatic N) is 7. The summed E-state index contributed by atoms with van der Waals surface area (Å²) in [7, 11) is 10.2. The van der Waals surface area contributed by atoms with E-state index in [-0.39, 0.29) is 68.2 Å². The van der Waals surface area contributed by atoms with E-state index < -0.39 is 137 Å². The van der Waals surface area contributed by atoms with Gasteiger partial charge in [-0.2, -0.15) is 0 Å². The van der Waals surface area contributed by atoms with E-state index in [0.29, 0.717) is 12.8 Å². The number of primary amides is 1. The van der Waals surface area contributed by atoms with Gasteiger partial charge in [-0.3, -0.25) is 52.7 Å². The maximum Gasteiger partial charge on any atom is 0.246 e. The van der Waals surface area contributed by atoms with Crippen molar-refractivity contribution < 1.29 is 57.8 Å². The first-order valence-electron chi connectivity index (χ1n) is 30.5. The van der Waals surface area contributed by atoms with Gasteiger partial charge in [0.1, 0.15) is 54.4 Å². The maximum absolute atomic E-state index is 14.8. The number of amides is 11. The number of hydrogen-bond donors (Lipinski definition) is 5. The Hall–Kier alpha value is -6.13. The molecule has 0 aromatic rings. The normalized spacial score (nSPS) is 15.7. The molecule has 0 aromatic carbocycles. The summed E-state index contributed by atoms with van der Waals surface area (Å²) in [5, 5.41) is 19.5. The number of carbonyl (C=O) groups excluding carboxylic acids is 11. The molecule has 0 aliphatic heterocycles. The van der Waals surface area contributed by atoms with Crippen molar-refractivity contribution in [3.8, 4) is 0 Å². The Morgan fingerprint density at radius 2 is 0.859 bits per heavy atom. The zero-order chi connectivity index (χ0) is 66.4. The molecule has 0 aliphatic carbocycles. The van der Waals surface area contributed by atoms with E-state index in [1.807, 2.05) is 81.4 Å². The molecule has 0 bridgehead atoms. The van der Waals surface area contributed by atoms with Crippen LogP contribution in [-0.4, -0.2) is 221 Å². The summed E-state index contributed by atoms with van der Waals surface area (Å²) in [6.45, 7) is 30.0. The first kappa shape index (κ1) is 78.9. The van der Waals surface area contributed by atoms with Crippen LogP contribution >= 0.6 is 0 Å². The first-order chi connectivity index (χ1) is 39.1. The third kappa shape index (κ3) is 23.9. The van der Waals surface area contributed by atoms with Gasteiger partial charge in [0.25, 0.3) is 0 Å². The molecule has 85 heavy (non-hydrogen) atoms. The predicted molar refractivity (Wildman–Crippen MR) is 330 cm³/mol. The summed E-state index contributed by atoms with van der Waals surface area (Å²) in [4.78, 5) is 162. The molecule has 0 fully saturated rings. The Labute approximate surface area is 509 Å². The molecule has 23 heteroatoms. The van der Waals surface area contributed by atoms with Crippen LogP contribution < -0.4 is 21.7 Å². The van der Waals surface area contributed by atoms with Gasteiger partial charge in [0.15, 0.2) is 0 Å². The van der Waals surface area contributed by atoms with Gasteiger partial charge in [0.05, 0.1) is 12.6 Å². The third-order valence-electron chi connectivity index (χ3n) is 15.6. The zero-order valence-corrected chi connectivity index (χ0v) is 56.3. The van der Waals surface area contributed by atoms with E-state index >= 15 is 0 Å². The second kappa shape index (κ2) is 36.8. The minimum atomic E-state index is -1.40. The molecule has 0 aromatic heterocycles. The molecule has 0 aliphatic rings. The summed E-state index contributed by atoms with van der Waals surface area (Å²) in [5.74, 6) is -8.37. The Kier molecular flexibility index (Phi) is 34.1. The molecule has 11 atom stereocenters. The van der Waals surface area contributed by atoms with Crippen molar-refractivity contribution >= 4 is 65.0 Å². The van der Waals surface area contributed by atoms with Crippen LogP contribution in [0.2, 0.25) is 0 Å². The molecule has 0 unspecified atom stereocenters. The lowest BCUT2D eigenvalue weighted by molar-refractivity contribution is -0.157. The average Bonchev–Trinajstić information content (AvgIpc) is 2.50. The minimum absolute atomic E-state index is 0.0320. The highest BCUT2D eigenvalue weighted by Gasteiger charge is 2.44. The van der Waals surface area contributed by atoms with Gasteiger partial charge in [-0.15, -0.1) is 0 Å². The van der Waals surface area contributed by atoms with Crippen LogP contribution in [0.3, 0.4) is 0 Å². The fourth-order valence-electron chi connectivity index (χ4n) is 10.3. The number of allylic oxidation sites excluding steroid dienone is 2. The molecule has 0 spiro atoms. The van der Waals surface area contributed by atoms with Crippen molar-refractivity contribution in [3.63, 3.8) is 0 Å². The summed E-state index contributed by atoms with van der Waals surface area (Å²) in [6, 6.07) is -10.5. The highest BCUT2D eigenvalue weighted by Crippen LogP contribution is 2.25. The second-order valence-corrected chi connectivity index (χ2v) is 25.8. The summed E-state index contributed by atoms with van der Waals surface area (Å²) in [5.41, 5.74) is 5.79. The van der Waals surface area contributed by atoms with Crippen LogP contribution in [0.15, 0.2) is 12.2 Å². The summed E-state index contributed by atoms with van der Waals surface area (Å²) in [6.07, 6.45) is 4.41. The first-order valence-corrected chi connectivity index (χ1v) is 30.5. The summed E-state index contributed by atoms with van der Waals surface area (Å²) >= 11 is 0. The monoisotopic (exact) mass is 1200 g/mol. The van der Waals surface area contributed by atoms with Crippen molar-refractivity contribution in [2.75, 3.05) is 55.9 Å². The molecule has 11 amide bonds. The quantitative estimate of drug-likeness (QED) is 0.0562. The third-order valence-corrected chi connectivity index (χ3v) is 15.6. The standard InChI is InChI=1S/C62H113N11O12/c1-25-27-29-41(15)53(76)52(54(63)77)73(24)62(85)51(40(13)14)72(23)60(83)47(33-38(9)10)71(22)59(82)46(32-37(7)8)70(21)58(81)43(17)65-55(78)42(16)64-56(79)45(31-36(5)6)69(20)61(84)50(39(11)12)66-57(80)44(30-35(3)4)68(19)49(75)34-67(18)48(74)28-26-2/h25,27,35-47,50-53,76H,26,28-34H2,1-24H3,(H2,63,77)(H,64,79)(H,65,78)(H,66,80)/b27-25+/t41-,42+,43-,44+,45+,46+,47+,50+,51+,52+,53-/m1/s1. The van der Waals surface area contributed by atoms with Crippen molar-refractivity contribution in [1.82, 2.24) is 50.2 Å². The van der Waals surface area contributed by atoms with Gasteiger partial charge in [-0.05, 0) is 101 Å². The average molecular weight is 1200 g/mol. The van der Waals surface area contributed by atoms with Crippen molar-refractivity contribution in [3.05, 3.63) is 12.2 Å². The van der Waals surface area contributed by atoms with Crippen molar-refractivity contribution in [2.24, 2.45) is 47.2 Å². The maximum atomic E-state index is 14.8. The van der Waals surface area contributed by atoms with Crippen LogP contribution in [0, 0.1) is 41.4 Å². The Morgan fingerprint density at radius 1 is 0.459 bits per heavy atom. The molecule has 488 valence electrons. The van der Waals surface area contributed by atoms with E-state index in [1.54, 1.807) is 34.6 Å². The molecule has 0 radical (unpaired) electrons. The van der Waals surface area contributed by atoms with E-state index in [2.05, 4.69) is 16.0 Å². The van der Waals surface area contributed by atoms with Gasteiger partial charge in [0.2, 0.25) is 65.0 Å². The minimum Gasteiger partial charge on any atom is -0.390 e. The highest BCUT2D eigenvalue weighted by atomic mass is 16.3. The van der Waals surface area contributed by atoms with E-state index in [1.165, 1.54) is 92.6 Å².